The van der Waals surface area contributed by atoms with E-state index in [4.69, 9.17) is 6.42 Å². The van der Waals surface area contributed by atoms with E-state index in [9.17, 15) is 13.6 Å². The molecule has 0 spiro atoms. The predicted octanol–water partition coefficient (Wildman–Crippen LogP) is 2.44. The Hall–Kier alpha value is -2.27. The number of hydrogen-bond donors (Lipinski definition) is 2. The second-order valence-corrected chi connectivity index (χ2v) is 9.84. The van der Waals surface area contributed by atoms with Crippen molar-refractivity contribution in [3.63, 3.8) is 0 Å². The van der Waals surface area contributed by atoms with Gasteiger partial charge in [-0.2, -0.15) is 0 Å². The summed E-state index contributed by atoms with van der Waals surface area (Å²) in [6.07, 6.45) is 14.7. The van der Waals surface area contributed by atoms with Gasteiger partial charge in [-0.25, -0.2) is 18.7 Å². The van der Waals surface area contributed by atoms with E-state index in [2.05, 4.69) is 26.5 Å². The first-order valence-electron chi connectivity index (χ1n) is 10.7. The Morgan fingerprint density at radius 3 is 2.50 bits per heavy atom. The first-order chi connectivity index (χ1) is 14.3. The molecule has 8 heteroatoms. The normalized spacial score (nSPS) is 38.4. The molecule has 0 aromatic carbocycles. The molecule has 1 aromatic rings. The molecular formula is C22H27F2N5O. The van der Waals surface area contributed by atoms with Crippen molar-refractivity contribution in [2.75, 3.05) is 18.4 Å². The first kappa shape index (κ1) is 19.7. The number of nitrogens with zero attached hydrogens (tertiary/aromatic N) is 3. The highest BCUT2D eigenvalue weighted by molar-refractivity contribution is 5.79. The first-order valence-corrected chi connectivity index (χ1v) is 10.7. The standard InChI is InChI=1S/C22H27F2N5O/c1-2-17-11-22(23,24)14-29(17)18(30)12-27-20-7-15-6-16(8-20)10-21(9-15,13-20)28-19-25-4-3-5-26-19/h1,3-5,15-17,27H,6-14H2,(H,25,26,28)/t15?,16?,17-,20?,21?/m1/s1. The van der Waals surface area contributed by atoms with E-state index in [1.165, 1.54) is 11.3 Å². The summed E-state index contributed by atoms with van der Waals surface area (Å²) in [5.41, 5.74) is -0.237. The average Bonchev–Trinajstić information content (AvgIpc) is 3.00. The van der Waals surface area contributed by atoms with Crippen LogP contribution in [0.15, 0.2) is 18.5 Å². The lowest BCUT2D eigenvalue weighted by atomic mass is 9.50. The molecule has 0 radical (unpaired) electrons. The van der Waals surface area contributed by atoms with Crippen molar-refractivity contribution in [3.8, 4) is 12.3 Å². The van der Waals surface area contributed by atoms with Gasteiger partial charge < -0.3 is 15.5 Å². The molecule has 30 heavy (non-hydrogen) atoms. The highest BCUT2D eigenvalue weighted by Gasteiger charge is 2.58. The smallest absolute Gasteiger partial charge is 0.268 e. The number of alkyl halides is 2. The summed E-state index contributed by atoms with van der Waals surface area (Å²) < 4.78 is 27.5. The highest BCUT2D eigenvalue weighted by Crippen LogP contribution is 2.58. The van der Waals surface area contributed by atoms with Gasteiger partial charge in [-0.3, -0.25) is 4.79 Å². The molecule has 2 unspecified atom stereocenters. The van der Waals surface area contributed by atoms with Gasteiger partial charge in [0.05, 0.1) is 19.1 Å². The molecule has 3 atom stereocenters. The minimum atomic E-state index is -2.91. The minimum absolute atomic E-state index is 0.0472. The number of carbonyl (C=O) groups is 1. The number of terminal acetylenes is 1. The van der Waals surface area contributed by atoms with Gasteiger partial charge in [0.1, 0.15) is 0 Å². The molecule has 1 aromatic heterocycles. The molecule has 5 aliphatic rings. The molecular weight excluding hydrogens is 388 g/mol. The van der Waals surface area contributed by atoms with Gasteiger partial charge in [0.15, 0.2) is 0 Å². The molecule has 6 nitrogen and oxygen atoms in total. The Morgan fingerprint density at radius 2 is 1.83 bits per heavy atom. The van der Waals surface area contributed by atoms with Crippen LogP contribution in [0.2, 0.25) is 0 Å². The number of amides is 1. The van der Waals surface area contributed by atoms with Crippen LogP contribution in [0.1, 0.15) is 44.9 Å². The number of rotatable bonds is 5. The van der Waals surface area contributed by atoms with Crippen LogP contribution < -0.4 is 10.6 Å². The van der Waals surface area contributed by atoms with Crippen molar-refractivity contribution in [1.82, 2.24) is 20.2 Å². The molecule has 1 saturated heterocycles. The number of nitrogens with one attached hydrogen (secondary N) is 2. The van der Waals surface area contributed by atoms with E-state index >= 15 is 0 Å². The van der Waals surface area contributed by atoms with Gasteiger partial charge in [0.25, 0.3) is 5.92 Å². The number of carbonyl (C=O) groups excluding carboxylic acids is 1. The van der Waals surface area contributed by atoms with E-state index in [0.717, 1.165) is 32.1 Å². The fourth-order valence-corrected chi connectivity index (χ4v) is 6.81. The van der Waals surface area contributed by atoms with E-state index in [-0.39, 0.29) is 23.5 Å². The third kappa shape index (κ3) is 3.53. The summed E-state index contributed by atoms with van der Waals surface area (Å²) in [6.45, 7) is -0.539. The van der Waals surface area contributed by atoms with Gasteiger partial charge in [-0.1, -0.05) is 5.92 Å². The van der Waals surface area contributed by atoms with E-state index in [1.54, 1.807) is 18.5 Å². The topological polar surface area (TPSA) is 70.2 Å². The number of halogens is 2. The van der Waals surface area contributed by atoms with Crippen LogP contribution in [0.4, 0.5) is 14.7 Å². The van der Waals surface area contributed by atoms with Gasteiger partial charge in [-0.15, -0.1) is 6.42 Å². The van der Waals surface area contributed by atoms with Crippen LogP contribution in [0.25, 0.3) is 0 Å². The molecule has 4 bridgehead atoms. The second kappa shape index (κ2) is 6.88. The quantitative estimate of drug-likeness (QED) is 0.723. The maximum absolute atomic E-state index is 13.8. The van der Waals surface area contributed by atoms with Crippen molar-refractivity contribution in [3.05, 3.63) is 18.5 Å². The maximum Gasteiger partial charge on any atom is 0.268 e. The van der Waals surface area contributed by atoms with Crippen molar-refractivity contribution < 1.29 is 13.6 Å². The molecule has 160 valence electrons. The molecule has 2 heterocycles. The second-order valence-electron chi connectivity index (χ2n) is 9.84. The molecule has 1 aliphatic heterocycles. The predicted molar refractivity (Wildman–Crippen MR) is 108 cm³/mol. The monoisotopic (exact) mass is 415 g/mol. The SMILES string of the molecule is C#C[C@@H]1CC(F)(F)CN1C(=O)CNC12CC3CC(C1)CC(Nc1ncccn1)(C3)C2. The maximum atomic E-state index is 13.8. The summed E-state index contributed by atoms with van der Waals surface area (Å²) >= 11 is 0. The largest absolute Gasteiger partial charge is 0.349 e. The number of hydrogen-bond acceptors (Lipinski definition) is 5. The summed E-state index contributed by atoms with van der Waals surface area (Å²) in [4.78, 5) is 22.6. The highest BCUT2D eigenvalue weighted by atomic mass is 19.3. The van der Waals surface area contributed by atoms with Gasteiger partial charge >= 0.3 is 0 Å². The zero-order valence-electron chi connectivity index (χ0n) is 16.9. The van der Waals surface area contributed by atoms with Crippen LogP contribution in [0, 0.1) is 24.2 Å². The Labute approximate surface area is 175 Å². The summed E-state index contributed by atoms with van der Waals surface area (Å²) in [7, 11) is 0. The molecule has 1 amide bonds. The van der Waals surface area contributed by atoms with Gasteiger partial charge in [0, 0.05) is 29.9 Å². The Kier molecular flexibility index (Phi) is 4.51. The summed E-state index contributed by atoms with van der Waals surface area (Å²) in [6, 6.07) is 0.971. The van der Waals surface area contributed by atoms with Crippen LogP contribution in [-0.4, -0.2) is 56.9 Å². The molecule has 4 saturated carbocycles. The number of likely N-dealkylation sites (tertiary alicyclic amines) is 1. The number of anilines is 1. The van der Waals surface area contributed by atoms with Crippen molar-refractivity contribution >= 4 is 11.9 Å². The van der Waals surface area contributed by atoms with Gasteiger partial charge in [0.2, 0.25) is 11.9 Å². The molecule has 6 rings (SSSR count). The van der Waals surface area contributed by atoms with Crippen LogP contribution in [0.5, 0.6) is 0 Å². The lowest BCUT2D eigenvalue weighted by Crippen LogP contribution is -2.67. The Bertz CT molecular complexity index is 856. The molecule has 4 aliphatic carbocycles. The van der Waals surface area contributed by atoms with E-state index < -0.39 is 24.9 Å². The third-order valence-corrected chi connectivity index (χ3v) is 7.40. The minimum Gasteiger partial charge on any atom is -0.349 e. The zero-order valence-corrected chi connectivity index (χ0v) is 16.9. The van der Waals surface area contributed by atoms with Gasteiger partial charge in [-0.05, 0) is 56.4 Å². The van der Waals surface area contributed by atoms with E-state index in [0.29, 0.717) is 17.8 Å². The van der Waals surface area contributed by atoms with Crippen LogP contribution >= 0.6 is 0 Å². The zero-order chi connectivity index (χ0) is 21.0. The van der Waals surface area contributed by atoms with Crippen molar-refractivity contribution in [2.45, 2.75) is 68.0 Å². The van der Waals surface area contributed by atoms with Crippen molar-refractivity contribution in [1.29, 1.82) is 0 Å². The average molecular weight is 415 g/mol. The summed E-state index contributed by atoms with van der Waals surface area (Å²) in [5, 5.41) is 7.10. The lowest BCUT2D eigenvalue weighted by Gasteiger charge is -2.62. The lowest BCUT2D eigenvalue weighted by molar-refractivity contribution is -0.132. The Morgan fingerprint density at radius 1 is 1.17 bits per heavy atom. The fraction of sp³-hybridized carbons (Fsp3) is 0.682. The fourth-order valence-electron chi connectivity index (χ4n) is 6.81. The third-order valence-electron chi connectivity index (χ3n) is 7.40. The molecule has 5 fully saturated rings. The van der Waals surface area contributed by atoms with Crippen LogP contribution in [-0.2, 0) is 4.79 Å². The molecule has 2 N–H and O–H groups in total. The van der Waals surface area contributed by atoms with Crippen LogP contribution in [0.3, 0.4) is 0 Å². The van der Waals surface area contributed by atoms with E-state index in [1.807, 2.05) is 0 Å². The summed E-state index contributed by atoms with van der Waals surface area (Å²) in [5.74, 6) is 0.918. The Balaban J connectivity index is 1.29. The van der Waals surface area contributed by atoms with Crippen molar-refractivity contribution in [2.24, 2.45) is 11.8 Å². The number of aromatic nitrogens is 2.